The first-order valence-electron chi connectivity index (χ1n) is 5.74. The van der Waals surface area contributed by atoms with Crippen molar-refractivity contribution < 1.29 is 14.6 Å². The number of nitrogens with one attached hydrogen (secondary N) is 1. The second-order valence-electron chi connectivity index (χ2n) is 4.45. The van der Waals surface area contributed by atoms with E-state index in [1.165, 1.54) is 6.07 Å². The second-order valence-corrected chi connectivity index (χ2v) is 5.36. The van der Waals surface area contributed by atoms with Gasteiger partial charge in [-0.2, -0.15) is 0 Å². The van der Waals surface area contributed by atoms with Crippen LogP contribution >= 0.6 is 15.9 Å². The number of carboxylic acids is 1. The monoisotopic (exact) mass is 314 g/mol. The fourth-order valence-corrected chi connectivity index (χ4v) is 2.34. The lowest BCUT2D eigenvalue weighted by molar-refractivity contribution is -0.0601. The Bertz CT molecular complexity index is 455. The van der Waals surface area contributed by atoms with Gasteiger partial charge in [-0.15, -0.1) is 0 Å². The molecule has 18 heavy (non-hydrogen) atoms. The number of aromatic nitrogens is 1. The van der Waals surface area contributed by atoms with Crippen LogP contribution in [0.3, 0.4) is 0 Å². The molecule has 1 saturated carbocycles. The molecule has 0 aliphatic heterocycles. The number of halogens is 1. The number of carboxylic acid groups (broad SMARTS) is 1. The molecule has 0 radical (unpaired) electrons. The van der Waals surface area contributed by atoms with Crippen LogP contribution in [0.15, 0.2) is 16.7 Å². The molecule has 5 nitrogen and oxygen atoms in total. The van der Waals surface area contributed by atoms with E-state index in [1.807, 2.05) is 0 Å². The molecule has 1 heterocycles. The van der Waals surface area contributed by atoms with E-state index >= 15 is 0 Å². The Morgan fingerprint density at radius 3 is 2.89 bits per heavy atom. The molecule has 2 rings (SSSR count). The van der Waals surface area contributed by atoms with E-state index in [0.717, 1.165) is 19.3 Å². The number of hydrogen-bond acceptors (Lipinski definition) is 4. The van der Waals surface area contributed by atoms with Gasteiger partial charge in [-0.05, 0) is 41.3 Å². The van der Waals surface area contributed by atoms with E-state index in [2.05, 4.69) is 26.2 Å². The number of ether oxygens (including phenoxy) is 1. The Morgan fingerprint density at radius 2 is 2.39 bits per heavy atom. The SMILES string of the molecule is COC1(CNc2ncc(Br)cc2C(=O)O)CCC1. The Hall–Kier alpha value is -1.14. The quantitative estimate of drug-likeness (QED) is 0.873. The van der Waals surface area contributed by atoms with Crippen molar-refractivity contribution in [3.8, 4) is 0 Å². The van der Waals surface area contributed by atoms with E-state index in [1.54, 1.807) is 13.3 Å². The predicted molar refractivity (Wildman–Crippen MR) is 71.0 cm³/mol. The summed E-state index contributed by atoms with van der Waals surface area (Å²) in [5.41, 5.74) is -0.000184. The van der Waals surface area contributed by atoms with Crippen LogP contribution in [-0.4, -0.2) is 35.3 Å². The molecule has 0 spiro atoms. The molecule has 6 heteroatoms. The summed E-state index contributed by atoms with van der Waals surface area (Å²) in [6.07, 6.45) is 4.72. The lowest BCUT2D eigenvalue weighted by Gasteiger charge is -2.40. The first-order chi connectivity index (χ1) is 8.56. The number of methoxy groups -OCH3 is 1. The minimum absolute atomic E-state index is 0.162. The standard InChI is InChI=1S/C12H15BrN2O3/c1-18-12(3-2-4-12)7-15-10-9(11(16)17)5-8(13)6-14-10/h5-6H,2-4,7H2,1H3,(H,14,15)(H,16,17). The number of carbonyl (C=O) groups is 1. The highest BCUT2D eigenvalue weighted by Gasteiger charge is 2.37. The third-order valence-corrected chi connectivity index (χ3v) is 3.79. The predicted octanol–water partition coefficient (Wildman–Crippen LogP) is 2.52. The van der Waals surface area contributed by atoms with Crippen molar-refractivity contribution in [1.29, 1.82) is 0 Å². The van der Waals surface area contributed by atoms with Crippen LogP contribution in [0.4, 0.5) is 5.82 Å². The molecular weight excluding hydrogens is 300 g/mol. The van der Waals surface area contributed by atoms with E-state index in [9.17, 15) is 4.79 Å². The van der Waals surface area contributed by atoms with Crippen molar-refractivity contribution in [2.45, 2.75) is 24.9 Å². The topological polar surface area (TPSA) is 71.5 Å². The van der Waals surface area contributed by atoms with Gasteiger partial charge in [0.15, 0.2) is 0 Å². The third kappa shape index (κ3) is 2.64. The number of nitrogens with zero attached hydrogens (tertiary/aromatic N) is 1. The van der Waals surface area contributed by atoms with Gasteiger partial charge in [-0.3, -0.25) is 0 Å². The van der Waals surface area contributed by atoms with Gasteiger partial charge in [-0.1, -0.05) is 0 Å². The fourth-order valence-electron chi connectivity index (χ4n) is 2.01. The summed E-state index contributed by atoms with van der Waals surface area (Å²) in [5, 5.41) is 12.2. The van der Waals surface area contributed by atoms with E-state index < -0.39 is 5.97 Å². The number of pyridine rings is 1. The number of rotatable bonds is 5. The van der Waals surface area contributed by atoms with Gasteiger partial charge in [0.25, 0.3) is 0 Å². The molecule has 1 aliphatic carbocycles. The summed E-state index contributed by atoms with van der Waals surface area (Å²) in [6, 6.07) is 1.54. The molecule has 0 saturated heterocycles. The lowest BCUT2D eigenvalue weighted by Crippen LogP contribution is -2.45. The van der Waals surface area contributed by atoms with Gasteiger partial charge in [-0.25, -0.2) is 9.78 Å². The van der Waals surface area contributed by atoms with E-state index in [0.29, 0.717) is 16.8 Å². The van der Waals surface area contributed by atoms with Gasteiger partial charge >= 0.3 is 5.97 Å². The van der Waals surface area contributed by atoms with Crippen LogP contribution in [0.25, 0.3) is 0 Å². The largest absolute Gasteiger partial charge is 0.478 e. The fraction of sp³-hybridized carbons (Fsp3) is 0.500. The van der Waals surface area contributed by atoms with Crippen molar-refractivity contribution in [1.82, 2.24) is 4.98 Å². The first-order valence-corrected chi connectivity index (χ1v) is 6.53. The van der Waals surface area contributed by atoms with Gasteiger partial charge in [0.05, 0.1) is 5.60 Å². The van der Waals surface area contributed by atoms with E-state index in [4.69, 9.17) is 9.84 Å². The molecule has 0 unspecified atom stereocenters. The van der Waals surface area contributed by atoms with Gasteiger partial charge < -0.3 is 15.2 Å². The molecule has 1 aromatic rings. The Labute approximate surface area is 114 Å². The maximum Gasteiger partial charge on any atom is 0.339 e. The van der Waals surface area contributed by atoms with Crippen LogP contribution in [0.1, 0.15) is 29.6 Å². The van der Waals surface area contributed by atoms with Crippen LogP contribution < -0.4 is 5.32 Å². The highest BCUT2D eigenvalue weighted by atomic mass is 79.9. The van der Waals surface area contributed by atoms with Crippen molar-refractivity contribution in [2.75, 3.05) is 19.0 Å². The van der Waals surface area contributed by atoms with Crippen LogP contribution in [-0.2, 0) is 4.74 Å². The summed E-state index contributed by atoms with van der Waals surface area (Å²) in [4.78, 5) is 15.2. The van der Waals surface area contributed by atoms with Crippen molar-refractivity contribution >= 4 is 27.7 Å². The summed E-state index contributed by atoms with van der Waals surface area (Å²) in [5.74, 6) is -0.611. The molecule has 1 aromatic heterocycles. The second kappa shape index (κ2) is 5.24. The summed E-state index contributed by atoms with van der Waals surface area (Å²) >= 11 is 3.22. The molecule has 2 N–H and O–H groups in total. The van der Waals surface area contributed by atoms with E-state index in [-0.39, 0.29) is 11.2 Å². The summed E-state index contributed by atoms with van der Waals surface area (Å²) in [6.45, 7) is 0.582. The molecule has 98 valence electrons. The Kier molecular flexibility index (Phi) is 3.87. The summed E-state index contributed by atoms with van der Waals surface area (Å²) < 4.78 is 6.12. The normalized spacial score (nSPS) is 17.0. The van der Waals surface area contributed by atoms with Crippen molar-refractivity contribution in [2.24, 2.45) is 0 Å². The number of hydrogen-bond donors (Lipinski definition) is 2. The van der Waals surface area contributed by atoms with Crippen molar-refractivity contribution in [3.63, 3.8) is 0 Å². The average Bonchev–Trinajstić information content (AvgIpc) is 2.29. The average molecular weight is 315 g/mol. The zero-order valence-electron chi connectivity index (χ0n) is 10.1. The molecule has 0 bridgehead atoms. The molecule has 1 aliphatic rings. The molecule has 1 fully saturated rings. The highest BCUT2D eigenvalue weighted by molar-refractivity contribution is 9.10. The van der Waals surface area contributed by atoms with Crippen molar-refractivity contribution in [3.05, 3.63) is 22.3 Å². The van der Waals surface area contributed by atoms with Gasteiger partial charge in [0.2, 0.25) is 0 Å². The Balaban J connectivity index is 2.11. The molecule has 0 amide bonds. The smallest absolute Gasteiger partial charge is 0.339 e. The van der Waals surface area contributed by atoms with Gasteiger partial charge in [0.1, 0.15) is 11.4 Å². The zero-order valence-corrected chi connectivity index (χ0v) is 11.7. The zero-order chi connectivity index (χ0) is 13.2. The molecular formula is C12H15BrN2O3. The maximum atomic E-state index is 11.1. The first kappa shape index (κ1) is 13.3. The molecule has 0 atom stereocenters. The lowest BCUT2D eigenvalue weighted by atomic mass is 9.80. The Morgan fingerprint density at radius 1 is 1.67 bits per heavy atom. The third-order valence-electron chi connectivity index (χ3n) is 3.36. The van der Waals surface area contributed by atoms with Crippen LogP contribution in [0, 0.1) is 0 Å². The number of aromatic carboxylic acids is 1. The number of anilines is 1. The minimum Gasteiger partial charge on any atom is -0.478 e. The van der Waals surface area contributed by atoms with Gasteiger partial charge in [0, 0.05) is 24.3 Å². The van der Waals surface area contributed by atoms with Crippen LogP contribution in [0.5, 0.6) is 0 Å². The minimum atomic E-state index is -0.994. The molecule has 0 aromatic carbocycles. The maximum absolute atomic E-state index is 11.1. The summed E-state index contributed by atoms with van der Waals surface area (Å²) in [7, 11) is 1.69. The highest BCUT2D eigenvalue weighted by Crippen LogP contribution is 2.35. The van der Waals surface area contributed by atoms with Crippen LogP contribution in [0.2, 0.25) is 0 Å².